The van der Waals surface area contributed by atoms with Crippen LogP contribution in [0.1, 0.15) is 34.6 Å². The average Bonchev–Trinajstić information content (AvgIpc) is 2.69. The summed E-state index contributed by atoms with van der Waals surface area (Å²) in [5, 5.41) is 4.73. The predicted octanol–water partition coefficient (Wildman–Crippen LogP) is 5.75. The Labute approximate surface area is 150 Å². The van der Waals surface area contributed by atoms with Crippen molar-refractivity contribution in [1.29, 1.82) is 0 Å². The van der Waals surface area contributed by atoms with Gasteiger partial charge in [0.15, 0.2) is 0 Å². The first-order valence-corrected chi connectivity index (χ1v) is 8.12. The average molecular weight is 381 g/mol. The zero-order chi connectivity index (χ0) is 17.6. The summed E-state index contributed by atoms with van der Waals surface area (Å²) < 4.78 is 9.87. The van der Waals surface area contributed by atoms with Crippen molar-refractivity contribution in [2.45, 2.75) is 40.7 Å². The van der Waals surface area contributed by atoms with Crippen molar-refractivity contribution >= 4 is 52.7 Å². The van der Waals surface area contributed by atoms with Crippen LogP contribution < -0.4 is 8.85 Å². The molecule has 1 atom stereocenters. The summed E-state index contributed by atoms with van der Waals surface area (Å²) in [7, 11) is 0. The van der Waals surface area contributed by atoms with Gasteiger partial charge in [0.2, 0.25) is 17.5 Å². The lowest BCUT2D eigenvalue weighted by atomic mass is 9.97. The zero-order valence-corrected chi connectivity index (χ0v) is 15.8. The number of benzene rings is 1. The van der Waals surface area contributed by atoms with E-state index in [1.165, 1.54) is 12.1 Å². The van der Waals surface area contributed by atoms with Crippen LogP contribution in [0.5, 0.6) is 5.75 Å². The number of carbonyl (C=O) groups is 1. The number of cyclic esters (lactones) is 1. The quantitative estimate of drug-likeness (QED) is 0.627. The molecular formula is C15H18Cl3N2O3+. The minimum atomic E-state index is -0.961. The van der Waals surface area contributed by atoms with Crippen LogP contribution in [0.15, 0.2) is 17.2 Å². The lowest BCUT2D eigenvalue weighted by Gasteiger charge is -2.17. The number of amides is 1. The molecule has 1 aromatic rings. The van der Waals surface area contributed by atoms with E-state index in [2.05, 4.69) is 5.10 Å². The Morgan fingerprint density at radius 2 is 1.83 bits per heavy atom. The van der Waals surface area contributed by atoms with Crippen LogP contribution in [0.25, 0.3) is 0 Å². The summed E-state index contributed by atoms with van der Waals surface area (Å²) in [6.45, 7) is 9.30. The molecule has 126 valence electrons. The highest BCUT2D eigenvalue weighted by Crippen LogP contribution is 2.44. The third kappa shape index (κ3) is 3.58. The van der Waals surface area contributed by atoms with Gasteiger partial charge in [0.05, 0.1) is 11.1 Å². The molecule has 0 N–H and O–H groups in total. The standard InChI is InChI=1S/C15H18Cl3N2O3/c1-8(2)22-12-7-11(9(16)6-10(12)17)20(18)14(21)23-13(19-20)15(3,4)5/h6-8H,1-5H3/q+1. The Hall–Kier alpha value is -1.01. The minimum absolute atomic E-state index is 0.107. The van der Waals surface area contributed by atoms with Gasteiger partial charge in [-0.05, 0) is 25.0 Å². The lowest BCUT2D eigenvalue weighted by Crippen LogP contribution is -2.35. The van der Waals surface area contributed by atoms with E-state index in [9.17, 15) is 4.79 Å². The van der Waals surface area contributed by atoms with E-state index in [1.807, 2.05) is 34.6 Å². The van der Waals surface area contributed by atoms with Crippen LogP contribution in [0.3, 0.4) is 0 Å². The van der Waals surface area contributed by atoms with E-state index in [-0.39, 0.29) is 22.7 Å². The molecule has 0 aromatic heterocycles. The second-order valence-electron chi connectivity index (χ2n) is 6.48. The van der Waals surface area contributed by atoms with Crippen molar-refractivity contribution in [3.8, 4) is 5.75 Å². The van der Waals surface area contributed by atoms with Gasteiger partial charge in [-0.15, -0.1) is 0 Å². The van der Waals surface area contributed by atoms with Gasteiger partial charge >= 0.3 is 6.09 Å². The summed E-state index contributed by atoms with van der Waals surface area (Å²) >= 11 is 18.7. The molecule has 0 aliphatic carbocycles. The first kappa shape index (κ1) is 18.3. The van der Waals surface area contributed by atoms with Crippen molar-refractivity contribution in [3.63, 3.8) is 0 Å². The van der Waals surface area contributed by atoms with Crippen molar-refractivity contribution in [2.75, 3.05) is 0 Å². The molecule has 5 nitrogen and oxygen atoms in total. The van der Waals surface area contributed by atoms with Crippen molar-refractivity contribution < 1.29 is 14.3 Å². The summed E-state index contributed by atoms with van der Waals surface area (Å²) in [6, 6.07) is 2.98. The van der Waals surface area contributed by atoms with E-state index < -0.39 is 15.6 Å². The molecule has 0 fully saturated rings. The Morgan fingerprint density at radius 3 is 2.30 bits per heavy atom. The number of hydrogen-bond acceptors (Lipinski definition) is 4. The van der Waals surface area contributed by atoms with E-state index in [1.54, 1.807) is 0 Å². The smallest absolute Gasteiger partial charge is 0.489 e. The van der Waals surface area contributed by atoms with Crippen LogP contribution in [0, 0.1) is 5.41 Å². The molecule has 0 radical (unpaired) electrons. The number of carbonyl (C=O) groups excluding carboxylic acids is 1. The number of quaternary nitrogens is 1. The van der Waals surface area contributed by atoms with Crippen LogP contribution in [0.4, 0.5) is 10.5 Å². The van der Waals surface area contributed by atoms with Crippen LogP contribution in [-0.4, -0.2) is 18.1 Å². The van der Waals surface area contributed by atoms with Crippen LogP contribution in [-0.2, 0) is 4.74 Å². The van der Waals surface area contributed by atoms with E-state index in [4.69, 9.17) is 44.5 Å². The fourth-order valence-corrected chi connectivity index (χ4v) is 2.71. The maximum Gasteiger partial charge on any atom is 0.575 e. The Bertz CT molecular complexity index is 683. The zero-order valence-electron chi connectivity index (χ0n) is 13.5. The summed E-state index contributed by atoms with van der Waals surface area (Å²) in [4.78, 5) is 12.3. The van der Waals surface area contributed by atoms with Crippen molar-refractivity contribution in [3.05, 3.63) is 22.2 Å². The normalized spacial score (nSPS) is 21.4. The number of nitrogens with zero attached hydrogens (tertiary/aromatic N) is 2. The lowest BCUT2D eigenvalue weighted by molar-refractivity contribution is 0.187. The van der Waals surface area contributed by atoms with Crippen LogP contribution in [0.2, 0.25) is 10.0 Å². The molecule has 2 rings (SSSR count). The van der Waals surface area contributed by atoms with Gasteiger partial charge in [-0.25, -0.2) is 0 Å². The number of hydrogen-bond donors (Lipinski definition) is 0. The molecule has 1 unspecified atom stereocenters. The third-order valence-electron chi connectivity index (χ3n) is 2.98. The highest BCUT2D eigenvalue weighted by Gasteiger charge is 2.53. The number of halogens is 3. The van der Waals surface area contributed by atoms with E-state index >= 15 is 0 Å². The second-order valence-corrected chi connectivity index (χ2v) is 7.78. The number of ether oxygens (including phenoxy) is 2. The largest absolute Gasteiger partial charge is 0.575 e. The first-order valence-electron chi connectivity index (χ1n) is 7.03. The summed E-state index contributed by atoms with van der Waals surface area (Å²) in [5.41, 5.74) is -0.251. The van der Waals surface area contributed by atoms with Gasteiger partial charge < -0.3 is 9.47 Å². The Morgan fingerprint density at radius 1 is 1.22 bits per heavy atom. The van der Waals surface area contributed by atoms with Gasteiger partial charge in [0, 0.05) is 15.6 Å². The molecule has 23 heavy (non-hydrogen) atoms. The highest BCUT2D eigenvalue weighted by molar-refractivity contribution is 6.40. The van der Waals surface area contributed by atoms with E-state index in [0.29, 0.717) is 10.8 Å². The molecular weight excluding hydrogens is 363 g/mol. The van der Waals surface area contributed by atoms with Crippen molar-refractivity contribution in [2.24, 2.45) is 10.5 Å². The Balaban J connectivity index is 2.56. The topological polar surface area (TPSA) is 47.9 Å². The van der Waals surface area contributed by atoms with E-state index in [0.717, 1.165) is 0 Å². The Kier molecular flexibility index (Phi) is 4.89. The third-order valence-corrected chi connectivity index (χ3v) is 3.97. The van der Waals surface area contributed by atoms with Crippen molar-refractivity contribution in [1.82, 2.24) is 4.11 Å². The van der Waals surface area contributed by atoms with Gasteiger partial charge in [-0.1, -0.05) is 44.0 Å². The van der Waals surface area contributed by atoms with Gasteiger partial charge in [-0.3, -0.25) is 0 Å². The summed E-state index contributed by atoms with van der Waals surface area (Å²) in [6.07, 6.45) is -0.860. The molecule has 0 saturated heterocycles. The van der Waals surface area contributed by atoms with Crippen LogP contribution >= 0.6 is 35.0 Å². The molecule has 0 spiro atoms. The first-order chi connectivity index (χ1) is 10.4. The van der Waals surface area contributed by atoms with Gasteiger partial charge in [0.1, 0.15) is 10.8 Å². The SMILES string of the molecule is CC(C)Oc1cc([N+]2(Cl)N=C(C(C)(C)C)OC2=O)c(Cl)cc1Cl. The molecule has 0 bridgehead atoms. The van der Waals surface area contributed by atoms with Gasteiger partial charge in [-0.2, -0.15) is 4.79 Å². The molecule has 1 aromatic carbocycles. The maximum absolute atomic E-state index is 12.3. The van der Waals surface area contributed by atoms with Gasteiger partial charge in [0.25, 0.3) is 5.90 Å². The minimum Gasteiger partial charge on any atom is -0.489 e. The fraction of sp³-hybridized carbons (Fsp3) is 0.467. The monoisotopic (exact) mass is 379 g/mol. The highest BCUT2D eigenvalue weighted by atomic mass is 35.5. The molecule has 1 aliphatic heterocycles. The summed E-state index contributed by atoms with van der Waals surface area (Å²) in [5.74, 6) is 0.598. The molecule has 0 saturated carbocycles. The molecule has 8 heteroatoms. The second kappa shape index (κ2) is 6.13. The molecule has 1 heterocycles. The fourth-order valence-electron chi connectivity index (χ4n) is 1.87. The molecule has 1 aliphatic rings. The maximum atomic E-state index is 12.3. The number of rotatable bonds is 3. The predicted molar refractivity (Wildman–Crippen MR) is 93.2 cm³/mol. The molecule has 1 amide bonds.